The maximum atomic E-state index is 2.36. The number of hydrogen-bond donors (Lipinski definition) is 0. The second kappa shape index (κ2) is 1.69. The topological polar surface area (TPSA) is 0 Å². The van der Waals surface area contributed by atoms with Crippen molar-refractivity contribution in [2.75, 3.05) is 0 Å². The van der Waals surface area contributed by atoms with E-state index in [0.29, 0.717) is 0 Å². The van der Waals surface area contributed by atoms with Crippen molar-refractivity contribution in [1.82, 2.24) is 0 Å². The van der Waals surface area contributed by atoms with Gasteiger partial charge in [0.05, 0.1) is 0 Å². The van der Waals surface area contributed by atoms with Crippen LogP contribution in [0.5, 0.6) is 0 Å². The molecule has 7 heavy (non-hydrogen) atoms. The van der Waals surface area contributed by atoms with Crippen molar-refractivity contribution in [1.29, 1.82) is 0 Å². The van der Waals surface area contributed by atoms with Crippen LogP contribution in [0.25, 0.3) is 0 Å². The average Bonchev–Trinajstić information content (AvgIpc) is 2.17. The smallest absolute Gasteiger partial charge is 0.0231 e. The number of allylic oxidation sites excluding steroid dienone is 2. The van der Waals surface area contributed by atoms with E-state index in [9.17, 15) is 0 Å². The van der Waals surface area contributed by atoms with Crippen molar-refractivity contribution in [3.8, 4) is 0 Å². The number of hydrogen-bond acceptors (Lipinski definition) is 0. The molecule has 0 saturated heterocycles. The van der Waals surface area contributed by atoms with Crippen molar-refractivity contribution in [2.24, 2.45) is 5.92 Å². The third-order valence-electron chi connectivity index (χ3n) is 1.19. The maximum absolute atomic E-state index is 2.36. The van der Waals surface area contributed by atoms with E-state index in [2.05, 4.69) is 19.9 Å². The molecule has 1 aliphatic rings. The monoisotopic (exact) mass is 96.1 g/mol. The van der Waals surface area contributed by atoms with Crippen LogP contribution >= 0.6 is 0 Å². The zero-order chi connectivity index (χ0) is 5.28. The molecule has 0 aliphatic heterocycles. The second-order valence-electron chi connectivity index (χ2n) is 2.58. The molecule has 0 spiro atoms. The molecule has 0 radical (unpaired) electrons. The lowest BCUT2D eigenvalue weighted by molar-refractivity contribution is 1.09. The summed E-state index contributed by atoms with van der Waals surface area (Å²) in [6.45, 7) is 4.33. The van der Waals surface area contributed by atoms with Crippen molar-refractivity contribution >= 4 is 0 Å². The Kier molecular flexibility index (Phi) is 1.18. The molecular formula is C7H12. The molecule has 1 saturated carbocycles. The molecule has 0 nitrogen and oxygen atoms in total. The Labute approximate surface area is 45.2 Å². The van der Waals surface area contributed by atoms with Crippen LogP contribution in [-0.4, -0.2) is 0 Å². The van der Waals surface area contributed by atoms with E-state index in [0.717, 1.165) is 5.92 Å². The zero-order valence-electron chi connectivity index (χ0n) is 5.07. The Hall–Kier alpha value is -0.260. The molecule has 0 aromatic carbocycles. The Balaban J connectivity index is 2.29. The van der Waals surface area contributed by atoms with Gasteiger partial charge in [0.1, 0.15) is 0 Å². The predicted octanol–water partition coefficient (Wildman–Crippen LogP) is 2.36. The van der Waals surface area contributed by atoms with Gasteiger partial charge in [0.25, 0.3) is 0 Å². The Morgan fingerprint density at radius 2 is 2.00 bits per heavy atom. The fourth-order valence-electron chi connectivity index (χ4n) is 0.734. The molecule has 0 aromatic rings. The SMILES string of the molecule is CC(C)=CC1CC1. The summed E-state index contributed by atoms with van der Waals surface area (Å²) in [7, 11) is 0. The second-order valence-corrected chi connectivity index (χ2v) is 2.58. The summed E-state index contributed by atoms with van der Waals surface area (Å²) in [5.41, 5.74) is 1.47. The Morgan fingerprint density at radius 3 is 2.14 bits per heavy atom. The van der Waals surface area contributed by atoms with E-state index in [4.69, 9.17) is 0 Å². The molecule has 0 heteroatoms. The van der Waals surface area contributed by atoms with Crippen LogP contribution in [0.2, 0.25) is 0 Å². The predicted molar refractivity (Wildman–Crippen MR) is 32.2 cm³/mol. The van der Waals surface area contributed by atoms with Crippen LogP contribution in [-0.2, 0) is 0 Å². The molecule has 1 rings (SSSR count). The van der Waals surface area contributed by atoms with Gasteiger partial charge in [-0.05, 0) is 32.6 Å². The molecular weight excluding hydrogens is 84.1 g/mol. The van der Waals surface area contributed by atoms with E-state index in [1.54, 1.807) is 0 Å². The van der Waals surface area contributed by atoms with Crippen LogP contribution in [0.4, 0.5) is 0 Å². The molecule has 0 aromatic heterocycles. The van der Waals surface area contributed by atoms with Crippen molar-refractivity contribution < 1.29 is 0 Å². The van der Waals surface area contributed by atoms with E-state index in [1.807, 2.05) is 0 Å². The zero-order valence-corrected chi connectivity index (χ0v) is 5.07. The lowest BCUT2D eigenvalue weighted by Gasteiger charge is -1.82. The molecule has 0 amide bonds. The summed E-state index contributed by atoms with van der Waals surface area (Å²) in [4.78, 5) is 0. The van der Waals surface area contributed by atoms with E-state index < -0.39 is 0 Å². The summed E-state index contributed by atoms with van der Waals surface area (Å²) in [6.07, 6.45) is 5.23. The van der Waals surface area contributed by atoms with Crippen LogP contribution in [0.3, 0.4) is 0 Å². The largest absolute Gasteiger partial charge is 0.0828 e. The molecule has 40 valence electrons. The Bertz CT molecular complexity index is 82.2. The molecule has 1 fully saturated rings. The molecule has 0 atom stereocenters. The van der Waals surface area contributed by atoms with Crippen LogP contribution < -0.4 is 0 Å². The Morgan fingerprint density at radius 1 is 1.43 bits per heavy atom. The van der Waals surface area contributed by atoms with Gasteiger partial charge in [0.15, 0.2) is 0 Å². The highest BCUT2D eigenvalue weighted by atomic mass is 14.2. The molecule has 0 heterocycles. The van der Waals surface area contributed by atoms with Gasteiger partial charge in [-0.25, -0.2) is 0 Å². The third kappa shape index (κ3) is 1.77. The maximum Gasteiger partial charge on any atom is -0.0231 e. The van der Waals surface area contributed by atoms with Crippen molar-refractivity contribution in [3.05, 3.63) is 11.6 Å². The van der Waals surface area contributed by atoms with Gasteiger partial charge in [0.2, 0.25) is 0 Å². The van der Waals surface area contributed by atoms with Crippen LogP contribution in [0, 0.1) is 5.92 Å². The van der Waals surface area contributed by atoms with Crippen LogP contribution in [0.15, 0.2) is 11.6 Å². The summed E-state index contributed by atoms with van der Waals surface area (Å²) < 4.78 is 0. The standard InChI is InChI=1S/C7H12/c1-6(2)5-7-3-4-7/h5,7H,3-4H2,1-2H3. The van der Waals surface area contributed by atoms with Gasteiger partial charge in [-0.15, -0.1) is 0 Å². The van der Waals surface area contributed by atoms with Gasteiger partial charge >= 0.3 is 0 Å². The lowest BCUT2D eigenvalue weighted by Crippen LogP contribution is -1.65. The highest BCUT2D eigenvalue weighted by molar-refractivity contribution is 5.02. The number of rotatable bonds is 1. The minimum Gasteiger partial charge on any atom is -0.0828 e. The normalized spacial score (nSPS) is 19.1. The van der Waals surface area contributed by atoms with Gasteiger partial charge in [-0.3, -0.25) is 0 Å². The summed E-state index contributed by atoms with van der Waals surface area (Å²) in [5, 5.41) is 0. The highest BCUT2D eigenvalue weighted by Gasteiger charge is 2.17. The first-order chi connectivity index (χ1) is 3.29. The lowest BCUT2D eigenvalue weighted by atomic mass is 10.3. The first kappa shape index (κ1) is 4.89. The van der Waals surface area contributed by atoms with E-state index in [-0.39, 0.29) is 0 Å². The summed E-state index contributed by atoms with van der Waals surface area (Å²) in [6, 6.07) is 0. The van der Waals surface area contributed by atoms with E-state index in [1.165, 1.54) is 18.4 Å². The average molecular weight is 96.2 g/mol. The molecule has 1 aliphatic carbocycles. The molecule has 0 unspecified atom stereocenters. The summed E-state index contributed by atoms with van der Waals surface area (Å²) >= 11 is 0. The first-order valence-electron chi connectivity index (χ1n) is 2.94. The van der Waals surface area contributed by atoms with Crippen LogP contribution in [0.1, 0.15) is 26.7 Å². The third-order valence-corrected chi connectivity index (χ3v) is 1.19. The minimum absolute atomic E-state index is 0.963. The first-order valence-corrected chi connectivity index (χ1v) is 2.94. The minimum atomic E-state index is 0.963. The van der Waals surface area contributed by atoms with Gasteiger partial charge < -0.3 is 0 Å². The quantitative estimate of drug-likeness (QED) is 0.439. The van der Waals surface area contributed by atoms with Crippen molar-refractivity contribution in [3.63, 3.8) is 0 Å². The molecule has 0 bridgehead atoms. The van der Waals surface area contributed by atoms with Gasteiger partial charge in [-0.2, -0.15) is 0 Å². The van der Waals surface area contributed by atoms with Gasteiger partial charge in [0, 0.05) is 0 Å². The van der Waals surface area contributed by atoms with Gasteiger partial charge in [-0.1, -0.05) is 11.6 Å². The van der Waals surface area contributed by atoms with E-state index >= 15 is 0 Å². The van der Waals surface area contributed by atoms with Crippen molar-refractivity contribution in [2.45, 2.75) is 26.7 Å². The highest BCUT2D eigenvalue weighted by Crippen LogP contribution is 2.30. The fourth-order valence-corrected chi connectivity index (χ4v) is 0.734. The fraction of sp³-hybridized carbons (Fsp3) is 0.714. The summed E-state index contributed by atoms with van der Waals surface area (Å²) in [5.74, 6) is 0.963. The molecule has 0 N–H and O–H groups in total.